The fourth-order valence-corrected chi connectivity index (χ4v) is 1.33. The summed E-state index contributed by atoms with van der Waals surface area (Å²) >= 11 is 0. The van der Waals surface area contributed by atoms with Crippen LogP contribution in [0.4, 0.5) is 0 Å². The maximum atomic E-state index is 11.0. The van der Waals surface area contributed by atoms with Gasteiger partial charge in [-0.25, -0.2) is 4.79 Å². The molecule has 1 rings (SSSR count). The van der Waals surface area contributed by atoms with Gasteiger partial charge in [0.05, 0.1) is 13.2 Å². The van der Waals surface area contributed by atoms with Gasteiger partial charge >= 0.3 is 5.97 Å². The van der Waals surface area contributed by atoms with E-state index in [1.165, 1.54) is 7.11 Å². The molecule has 3 heteroatoms. The Bertz CT molecular complexity index is 407. The molecule has 1 aromatic rings. The van der Waals surface area contributed by atoms with Crippen LogP contribution in [-0.2, 0) is 9.53 Å². The Morgan fingerprint density at radius 1 is 1.47 bits per heavy atom. The number of aliphatic hydroxyl groups is 1. The predicted molar refractivity (Wildman–Crippen MR) is 66.3 cm³/mol. The summed E-state index contributed by atoms with van der Waals surface area (Å²) in [6.07, 6.45) is 3.04. The number of aliphatic hydroxyl groups excluding tert-OH is 1. The van der Waals surface area contributed by atoms with Crippen LogP contribution in [0.1, 0.15) is 18.1 Å². The van der Waals surface area contributed by atoms with Gasteiger partial charge in [-0.15, -0.1) is 0 Å². The van der Waals surface area contributed by atoms with Crippen molar-refractivity contribution in [1.82, 2.24) is 0 Å². The van der Waals surface area contributed by atoms with E-state index in [9.17, 15) is 9.90 Å². The molecule has 0 radical (unpaired) electrons. The summed E-state index contributed by atoms with van der Waals surface area (Å²) < 4.78 is 4.52. The molecule has 0 saturated heterocycles. The number of ether oxygens (including phenoxy) is 1. The van der Waals surface area contributed by atoms with Crippen molar-refractivity contribution in [2.75, 3.05) is 7.11 Å². The van der Waals surface area contributed by atoms with Crippen LogP contribution in [0.2, 0.25) is 0 Å². The Balaban J connectivity index is 2.50. The summed E-state index contributed by atoms with van der Waals surface area (Å²) in [6.45, 7) is 3.59. The Hall–Kier alpha value is -1.87. The van der Waals surface area contributed by atoms with Crippen molar-refractivity contribution in [1.29, 1.82) is 0 Å². The number of hydrogen-bond acceptors (Lipinski definition) is 3. The zero-order valence-electron chi connectivity index (χ0n) is 9.80. The van der Waals surface area contributed by atoms with Gasteiger partial charge in [0.2, 0.25) is 0 Å². The molecule has 0 bridgehead atoms. The van der Waals surface area contributed by atoms with Crippen molar-refractivity contribution in [2.45, 2.75) is 12.5 Å². The summed E-state index contributed by atoms with van der Waals surface area (Å²) in [5.74, 6) is -0.427. The third-order valence-corrected chi connectivity index (χ3v) is 2.30. The molecule has 0 heterocycles. The van der Waals surface area contributed by atoms with Gasteiger partial charge in [-0.2, -0.15) is 0 Å². The minimum Gasteiger partial charge on any atom is -0.466 e. The van der Waals surface area contributed by atoms with Gasteiger partial charge in [-0.3, -0.25) is 0 Å². The van der Waals surface area contributed by atoms with Gasteiger partial charge in [-0.05, 0) is 12.0 Å². The van der Waals surface area contributed by atoms with E-state index in [1.54, 1.807) is 12.2 Å². The fraction of sp³-hybridized carbons (Fsp3) is 0.214. The molecule has 3 nitrogen and oxygen atoms in total. The highest BCUT2D eigenvalue weighted by Crippen LogP contribution is 2.14. The van der Waals surface area contributed by atoms with Gasteiger partial charge in [-0.1, -0.05) is 49.1 Å². The maximum absolute atomic E-state index is 11.0. The molecule has 0 amide bonds. The Morgan fingerprint density at radius 3 is 2.71 bits per heavy atom. The highest BCUT2D eigenvalue weighted by molar-refractivity contribution is 5.87. The molecule has 0 aliphatic rings. The van der Waals surface area contributed by atoms with Crippen LogP contribution in [-0.4, -0.2) is 18.2 Å². The lowest BCUT2D eigenvalue weighted by Crippen LogP contribution is -2.02. The third-order valence-electron chi connectivity index (χ3n) is 2.30. The van der Waals surface area contributed by atoms with Crippen molar-refractivity contribution in [2.24, 2.45) is 0 Å². The molecular formula is C14H16O3. The zero-order valence-corrected chi connectivity index (χ0v) is 9.80. The largest absolute Gasteiger partial charge is 0.466 e. The van der Waals surface area contributed by atoms with E-state index in [0.29, 0.717) is 12.0 Å². The van der Waals surface area contributed by atoms with Crippen molar-refractivity contribution in [3.8, 4) is 0 Å². The van der Waals surface area contributed by atoms with Crippen molar-refractivity contribution in [3.63, 3.8) is 0 Å². The van der Waals surface area contributed by atoms with Gasteiger partial charge in [0.15, 0.2) is 0 Å². The molecule has 1 N–H and O–H groups in total. The Morgan fingerprint density at radius 2 is 2.12 bits per heavy atom. The summed E-state index contributed by atoms with van der Waals surface area (Å²) in [5.41, 5.74) is 1.18. The van der Waals surface area contributed by atoms with Crippen LogP contribution >= 0.6 is 0 Å². The SMILES string of the molecule is C=C(C/C=C\C(O)c1ccccc1)C(=O)OC. The molecule has 0 fully saturated rings. The minimum absolute atomic E-state index is 0.365. The van der Waals surface area contributed by atoms with Crippen molar-refractivity contribution >= 4 is 5.97 Å². The molecule has 17 heavy (non-hydrogen) atoms. The lowest BCUT2D eigenvalue weighted by atomic mass is 10.1. The Labute approximate surface area is 101 Å². The van der Waals surface area contributed by atoms with Crippen LogP contribution in [0.25, 0.3) is 0 Å². The molecule has 1 atom stereocenters. The zero-order chi connectivity index (χ0) is 12.7. The highest BCUT2D eigenvalue weighted by atomic mass is 16.5. The lowest BCUT2D eigenvalue weighted by Gasteiger charge is -2.05. The van der Waals surface area contributed by atoms with E-state index in [4.69, 9.17) is 0 Å². The molecule has 0 saturated carbocycles. The second-order valence-electron chi connectivity index (χ2n) is 3.58. The summed E-state index contributed by atoms with van der Waals surface area (Å²) in [5, 5.41) is 9.80. The first-order valence-electron chi connectivity index (χ1n) is 5.31. The number of rotatable bonds is 5. The van der Waals surface area contributed by atoms with Gasteiger partial charge in [0, 0.05) is 5.57 Å². The fourth-order valence-electron chi connectivity index (χ4n) is 1.33. The quantitative estimate of drug-likeness (QED) is 0.481. The molecular weight excluding hydrogens is 216 g/mol. The van der Waals surface area contributed by atoms with Crippen LogP contribution in [0.5, 0.6) is 0 Å². The van der Waals surface area contributed by atoms with Crippen molar-refractivity contribution in [3.05, 3.63) is 60.2 Å². The average molecular weight is 232 g/mol. The first-order valence-corrected chi connectivity index (χ1v) is 5.31. The van der Waals surface area contributed by atoms with E-state index in [1.807, 2.05) is 30.3 Å². The molecule has 1 unspecified atom stereocenters. The Kier molecular flexibility index (Phi) is 5.17. The molecule has 0 aliphatic carbocycles. The summed E-state index contributed by atoms with van der Waals surface area (Å²) in [4.78, 5) is 11.0. The van der Waals surface area contributed by atoms with Gasteiger partial charge in [0.25, 0.3) is 0 Å². The monoisotopic (exact) mass is 232 g/mol. The number of allylic oxidation sites excluding steroid dienone is 1. The average Bonchev–Trinajstić information content (AvgIpc) is 2.38. The number of benzene rings is 1. The maximum Gasteiger partial charge on any atom is 0.333 e. The van der Waals surface area contributed by atoms with Gasteiger partial charge < -0.3 is 9.84 Å². The second kappa shape index (κ2) is 6.66. The van der Waals surface area contributed by atoms with E-state index in [-0.39, 0.29) is 0 Å². The van der Waals surface area contributed by atoms with E-state index in [2.05, 4.69) is 11.3 Å². The number of carbonyl (C=O) groups is 1. The molecule has 1 aromatic carbocycles. The van der Waals surface area contributed by atoms with E-state index >= 15 is 0 Å². The van der Waals surface area contributed by atoms with Crippen LogP contribution in [0.3, 0.4) is 0 Å². The lowest BCUT2D eigenvalue weighted by molar-refractivity contribution is -0.136. The highest BCUT2D eigenvalue weighted by Gasteiger charge is 2.05. The first-order chi connectivity index (χ1) is 8.15. The molecule has 0 aromatic heterocycles. The summed E-state index contributed by atoms with van der Waals surface area (Å²) in [6, 6.07) is 9.28. The van der Waals surface area contributed by atoms with Crippen LogP contribution in [0, 0.1) is 0 Å². The van der Waals surface area contributed by atoms with E-state index < -0.39 is 12.1 Å². The minimum atomic E-state index is -0.665. The summed E-state index contributed by atoms with van der Waals surface area (Å²) in [7, 11) is 1.32. The van der Waals surface area contributed by atoms with Gasteiger partial charge in [0.1, 0.15) is 0 Å². The molecule has 0 spiro atoms. The van der Waals surface area contributed by atoms with Crippen molar-refractivity contribution < 1.29 is 14.6 Å². The topological polar surface area (TPSA) is 46.5 Å². The smallest absolute Gasteiger partial charge is 0.333 e. The molecule has 0 aliphatic heterocycles. The number of esters is 1. The predicted octanol–water partition coefficient (Wildman–Crippen LogP) is 2.40. The third kappa shape index (κ3) is 4.25. The van der Waals surface area contributed by atoms with Crippen LogP contribution < -0.4 is 0 Å². The number of hydrogen-bond donors (Lipinski definition) is 1. The number of carbonyl (C=O) groups excluding carboxylic acids is 1. The van der Waals surface area contributed by atoms with E-state index in [0.717, 1.165) is 5.56 Å². The standard InChI is InChI=1S/C14H16O3/c1-11(14(16)17-2)7-6-10-13(15)12-8-4-3-5-9-12/h3-6,8-10,13,15H,1,7H2,2H3/b10-6-. The normalized spacial score (nSPS) is 12.4. The molecule has 90 valence electrons. The number of methoxy groups -OCH3 is 1. The first kappa shape index (κ1) is 13.2. The van der Waals surface area contributed by atoms with Crippen LogP contribution in [0.15, 0.2) is 54.6 Å². The second-order valence-corrected chi connectivity index (χ2v) is 3.58.